The van der Waals surface area contributed by atoms with E-state index in [1.807, 2.05) is 0 Å². The van der Waals surface area contributed by atoms with Crippen LogP contribution in [0.5, 0.6) is 0 Å². The molecule has 0 unspecified atom stereocenters. The highest BCUT2D eigenvalue weighted by molar-refractivity contribution is 6.30. The zero-order valence-corrected chi connectivity index (χ0v) is 5.39. The van der Waals surface area contributed by atoms with Gasteiger partial charge in [-0.05, 0) is 12.1 Å². The number of rotatable bonds is 1. The van der Waals surface area contributed by atoms with Gasteiger partial charge in [0.05, 0.1) is 5.02 Å². The van der Waals surface area contributed by atoms with Crippen molar-refractivity contribution in [3.8, 4) is 0 Å². The summed E-state index contributed by atoms with van der Waals surface area (Å²) in [4.78, 5) is 3.83. The van der Waals surface area contributed by atoms with Crippen molar-refractivity contribution in [2.45, 2.75) is 0 Å². The highest BCUT2D eigenvalue weighted by Gasteiger charge is 1.86. The maximum Gasteiger partial charge on any atom is 0.224 e. The van der Waals surface area contributed by atoms with E-state index in [9.17, 15) is 0 Å². The van der Waals surface area contributed by atoms with E-state index < -0.39 is 0 Å². The van der Waals surface area contributed by atoms with Crippen molar-refractivity contribution in [2.24, 2.45) is 0 Å². The van der Waals surface area contributed by atoms with E-state index >= 15 is 0 Å². The second kappa shape index (κ2) is 2.73. The van der Waals surface area contributed by atoms with E-state index in [1.165, 1.54) is 6.20 Å². The smallest absolute Gasteiger partial charge is 0.224 e. The Morgan fingerprint density at radius 1 is 1.56 bits per heavy atom. The molecule has 0 aromatic carbocycles. The normalized spacial score (nSPS) is 9.00. The van der Waals surface area contributed by atoms with Crippen molar-refractivity contribution in [3.63, 3.8) is 0 Å². The molecule has 2 radical (unpaired) electrons. The van der Waals surface area contributed by atoms with E-state index in [-0.39, 0.29) is 0 Å². The monoisotopic (exact) mass is 138 g/mol. The van der Waals surface area contributed by atoms with Crippen LogP contribution < -0.4 is 5.23 Å². The molecule has 0 bridgehead atoms. The van der Waals surface area contributed by atoms with Crippen LogP contribution >= 0.6 is 11.6 Å². The number of anilines is 1. The van der Waals surface area contributed by atoms with Crippen molar-refractivity contribution < 1.29 is 0 Å². The number of aromatic nitrogens is 1. The number of pyridine rings is 1. The molecule has 1 aromatic heterocycles. The van der Waals surface area contributed by atoms with Gasteiger partial charge in [0.15, 0.2) is 0 Å². The first-order valence-electron chi connectivity index (χ1n) is 2.41. The van der Waals surface area contributed by atoms with Gasteiger partial charge < -0.3 is 5.23 Å². The van der Waals surface area contributed by atoms with E-state index in [0.717, 1.165) is 0 Å². The van der Waals surface area contributed by atoms with Crippen LogP contribution in [0.25, 0.3) is 0 Å². The molecule has 4 heteroatoms. The Balaban J connectivity index is 2.88. The molecule has 1 heterocycles. The van der Waals surface area contributed by atoms with Crippen LogP contribution in [-0.4, -0.2) is 13.0 Å². The molecule has 0 aliphatic carbocycles. The van der Waals surface area contributed by atoms with E-state index in [2.05, 4.69) is 10.2 Å². The van der Waals surface area contributed by atoms with Crippen LogP contribution in [-0.2, 0) is 0 Å². The molecular weight excluding hydrogens is 134 g/mol. The number of hydrogen-bond acceptors (Lipinski definition) is 2. The molecule has 0 aliphatic heterocycles. The second-order valence-electron chi connectivity index (χ2n) is 1.51. The second-order valence-corrected chi connectivity index (χ2v) is 1.94. The van der Waals surface area contributed by atoms with Gasteiger partial charge in [0, 0.05) is 6.20 Å². The highest BCUT2D eigenvalue weighted by Crippen LogP contribution is 2.07. The topological polar surface area (TPSA) is 24.9 Å². The Morgan fingerprint density at radius 3 is 2.78 bits per heavy atom. The predicted molar refractivity (Wildman–Crippen MR) is 38.6 cm³/mol. The molecule has 1 rings (SSSR count). The lowest BCUT2D eigenvalue weighted by Gasteiger charge is -1.95. The SMILES string of the molecule is [B]Nc1ccc(Cl)cn1. The first-order valence-corrected chi connectivity index (χ1v) is 2.79. The Morgan fingerprint density at radius 2 is 2.33 bits per heavy atom. The third-order valence-electron chi connectivity index (χ3n) is 0.875. The molecule has 0 amide bonds. The molecule has 0 saturated heterocycles. The van der Waals surface area contributed by atoms with Crippen molar-refractivity contribution in [3.05, 3.63) is 23.4 Å². The number of nitrogens with one attached hydrogen (secondary N) is 1. The van der Waals surface area contributed by atoms with Gasteiger partial charge in [0.2, 0.25) is 7.98 Å². The van der Waals surface area contributed by atoms with Crippen molar-refractivity contribution in [1.29, 1.82) is 0 Å². The lowest BCUT2D eigenvalue weighted by atomic mass is 10.4. The zero-order valence-electron chi connectivity index (χ0n) is 4.63. The minimum absolute atomic E-state index is 0.606. The Bertz CT molecular complexity index is 187. The van der Waals surface area contributed by atoms with Crippen LogP contribution in [0.1, 0.15) is 0 Å². The lowest BCUT2D eigenvalue weighted by molar-refractivity contribution is 1.33. The van der Waals surface area contributed by atoms with Crippen LogP contribution in [0.3, 0.4) is 0 Å². The Hall–Kier alpha value is -0.695. The van der Waals surface area contributed by atoms with Crippen LogP contribution in [0.4, 0.5) is 5.82 Å². The maximum atomic E-state index is 5.54. The standard InChI is InChI=1S/C5H4BClN2/c6-9-5-2-1-4(7)3-8-5/h1-3H,(H,8,9). The minimum atomic E-state index is 0.606. The molecule has 1 N–H and O–H groups in total. The summed E-state index contributed by atoms with van der Waals surface area (Å²) in [6.07, 6.45) is 1.52. The molecule has 0 atom stereocenters. The molecule has 0 fully saturated rings. The first-order chi connectivity index (χ1) is 4.33. The molecular formula is C5H4BClN2. The van der Waals surface area contributed by atoms with Gasteiger partial charge in [-0.25, -0.2) is 4.98 Å². The highest BCUT2D eigenvalue weighted by atomic mass is 35.5. The third-order valence-corrected chi connectivity index (χ3v) is 1.10. The Kier molecular flexibility index (Phi) is 1.95. The van der Waals surface area contributed by atoms with Gasteiger partial charge >= 0.3 is 0 Å². The van der Waals surface area contributed by atoms with Crippen molar-refractivity contribution in [1.82, 2.24) is 4.98 Å². The first kappa shape index (κ1) is 6.43. The van der Waals surface area contributed by atoms with Crippen molar-refractivity contribution >= 4 is 25.4 Å². The zero-order chi connectivity index (χ0) is 6.69. The third kappa shape index (κ3) is 1.61. The summed E-state index contributed by atoms with van der Waals surface area (Å²) >= 11 is 5.54. The summed E-state index contributed by atoms with van der Waals surface area (Å²) in [5, 5.41) is 2.99. The largest absolute Gasteiger partial charge is 0.423 e. The molecule has 1 aromatic rings. The number of hydrogen-bond donors (Lipinski definition) is 1. The molecule has 44 valence electrons. The van der Waals surface area contributed by atoms with Gasteiger partial charge in [-0.3, -0.25) is 0 Å². The quantitative estimate of drug-likeness (QED) is 0.591. The van der Waals surface area contributed by atoms with Crippen LogP contribution in [0.15, 0.2) is 18.3 Å². The van der Waals surface area contributed by atoms with Gasteiger partial charge in [-0.2, -0.15) is 0 Å². The fourth-order valence-electron chi connectivity index (χ4n) is 0.461. The van der Waals surface area contributed by atoms with E-state index in [4.69, 9.17) is 19.6 Å². The van der Waals surface area contributed by atoms with Gasteiger partial charge in [0.1, 0.15) is 5.82 Å². The number of halogens is 1. The summed E-state index contributed by atoms with van der Waals surface area (Å²) in [6.45, 7) is 0. The maximum absolute atomic E-state index is 5.54. The molecule has 0 spiro atoms. The summed E-state index contributed by atoms with van der Waals surface area (Å²) in [5.74, 6) is 0.611. The average Bonchev–Trinajstić information content (AvgIpc) is 1.90. The van der Waals surface area contributed by atoms with Gasteiger partial charge in [-0.15, -0.1) is 0 Å². The van der Waals surface area contributed by atoms with E-state index in [0.29, 0.717) is 10.8 Å². The van der Waals surface area contributed by atoms with Gasteiger partial charge in [-0.1, -0.05) is 11.6 Å². The summed E-state index contributed by atoms with van der Waals surface area (Å²) in [5.41, 5.74) is 0. The minimum Gasteiger partial charge on any atom is -0.423 e. The molecule has 2 nitrogen and oxygen atoms in total. The summed E-state index contributed by atoms with van der Waals surface area (Å²) < 4.78 is 0. The predicted octanol–water partition coefficient (Wildman–Crippen LogP) is 1.23. The molecule has 0 saturated carbocycles. The summed E-state index contributed by atoms with van der Waals surface area (Å²) in [6, 6.07) is 3.41. The number of nitrogens with zero attached hydrogens (tertiary/aromatic N) is 1. The van der Waals surface area contributed by atoms with E-state index in [1.54, 1.807) is 12.1 Å². The van der Waals surface area contributed by atoms with Gasteiger partial charge in [0.25, 0.3) is 0 Å². The van der Waals surface area contributed by atoms with Crippen molar-refractivity contribution in [2.75, 3.05) is 5.23 Å². The van der Waals surface area contributed by atoms with Crippen LogP contribution in [0.2, 0.25) is 5.02 Å². The fourth-order valence-corrected chi connectivity index (χ4v) is 0.573. The molecule has 0 aliphatic rings. The fraction of sp³-hybridized carbons (Fsp3) is 0. The average molecular weight is 138 g/mol. The van der Waals surface area contributed by atoms with Crippen LogP contribution in [0, 0.1) is 0 Å². The summed E-state index contributed by atoms with van der Waals surface area (Å²) in [7, 11) is 5.04. The molecule has 9 heavy (non-hydrogen) atoms. The Labute approximate surface area is 59.7 Å². The lowest BCUT2D eigenvalue weighted by Crippen LogP contribution is -1.91.